The fourth-order valence-corrected chi connectivity index (χ4v) is 1.97. The van der Waals surface area contributed by atoms with Crippen molar-refractivity contribution in [2.45, 2.75) is 0 Å². The topological polar surface area (TPSA) is 51.8 Å². The molecule has 0 amide bonds. The number of nitrogens with zero attached hydrogens (tertiary/aromatic N) is 2. The normalized spacial score (nSPS) is 11.1. The van der Waals surface area contributed by atoms with Crippen molar-refractivity contribution >= 4 is 39.1 Å². The van der Waals surface area contributed by atoms with Gasteiger partial charge in [-0.25, -0.2) is 4.98 Å². The first-order valence-electron chi connectivity index (χ1n) is 4.85. The van der Waals surface area contributed by atoms with Crippen LogP contribution in [0.5, 0.6) is 0 Å². The van der Waals surface area contributed by atoms with Crippen molar-refractivity contribution in [1.82, 2.24) is 9.97 Å². The molecule has 4 heteroatoms. The van der Waals surface area contributed by atoms with Crippen LogP contribution in [0, 0.1) is 0 Å². The van der Waals surface area contributed by atoms with Crippen molar-refractivity contribution in [2.75, 3.05) is 5.73 Å². The van der Waals surface area contributed by atoms with Gasteiger partial charge in [-0.3, -0.25) is 4.98 Å². The van der Waals surface area contributed by atoms with E-state index in [1.807, 2.05) is 24.3 Å². The van der Waals surface area contributed by atoms with Crippen molar-refractivity contribution in [2.24, 2.45) is 0 Å². The minimum absolute atomic E-state index is 0.462. The van der Waals surface area contributed by atoms with Crippen LogP contribution in [-0.2, 0) is 0 Å². The van der Waals surface area contributed by atoms with Gasteiger partial charge in [-0.05, 0) is 30.3 Å². The van der Waals surface area contributed by atoms with E-state index < -0.39 is 0 Å². The lowest BCUT2D eigenvalue weighted by molar-refractivity contribution is 1.37. The van der Waals surface area contributed by atoms with E-state index in [4.69, 9.17) is 17.3 Å². The number of hydrogen-bond acceptors (Lipinski definition) is 3. The Morgan fingerprint density at radius 2 is 2.00 bits per heavy atom. The zero-order valence-electron chi connectivity index (χ0n) is 8.31. The van der Waals surface area contributed by atoms with Crippen LogP contribution >= 0.6 is 11.6 Å². The van der Waals surface area contributed by atoms with Crippen molar-refractivity contribution in [3.8, 4) is 0 Å². The zero-order chi connectivity index (χ0) is 11.1. The highest BCUT2D eigenvalue weighted by Gasteiger charge is 2.06. The van der Waals surface area contributed by atoms with E-state index >= 15 is 0 Å². The molecule has 2 N–H and O–H groups in total. The Morgan fingerprint density at radius 3 is 2.88 bits per heavy atom. The Morgan fingerprint density at radius 1 is 1.12 bits per heavy atom. The third-order valence-electron chi connectivity index (χ3n) is 2.55. The number of nitrogen functional groups attached to an aromatic ring is 1. The summed E-state index contributed by atoms with van der Waals surface area (Å²) in [6, 6.07) is 9.32. The lowest BCUT2D eigenvalue weighted by Crippen LogP contribution is -1.91. The number of halogens is 1. The van der Waals surface area contributed by atoms with Gasteiger partial charge in [-0.15, -0.1) is 0 Å². The maximum absolute atomic E-state index is 5.96. The van der Waals surface area contributed by atoms with Crippen molar-refractivity contribution < 1.29 is 0 Å². The summed E-state index contributed by atoms with van der Waals surface area (Å²) in [7, 11) is 0. The maximum Gasteiger partial charge on any atom is 0.129 e. The van der Waals surface area contributed by atoms with Crippen LogP contribution in [0.3, 0.4) is 0 Å². The highest BCUT2D eigenvalue weighted by Crippen LogP contribution is 2.28. The molecule has 0 spiro atoms. The van der Waals surface area contributed by atoms with Gasteiger partial charge in [0.05, 0.1) is 11.0 Å². The predicted molar refractivity (Wildman–Crippen MR) is 66.5 cm³/mol. The summed E-state index contributed by atoms with van der Waals surface area (Å²) in [5.41, 5.74) is 8.25. The van der Waals surface area contributed by atoms with Crippen LogP contribution in [0.15, 0.2) is 36.5 Å². The summed E-state index contributed by atoms with van der Waals surface area (Å²) in [5.74, 6) is 0. The monoisotopic (exact) mass is 229 g/mol. The summed E-state index contributed by atoms with van der Waals surface area (Å²) in [5, 5.41) is 2.32. The molecular weight excluding hydrogens is 222 g/mol. The molecule has 78 valence electrons. The number of hydrogen-bond donors (Lipinski definition) is 1. The van der Waals surface area contributed by atoms with Gasteiger partial charge < -0.3 is 5.73 Å². The van der Waals surface area contributed by atoms with Gasteiger partial charge in [0.25, 0.3) is 0 Å². The van der Waals surface area contributed by atoms with Gasteiger partial charge >= 0.3 is 0 Å². The van der Waals surface area contributed by atoms with Crippen LogP contribution in [0.1, 0.15) is 0 Å². The van der Waals surface area contributed by atoms with Crippen molar-refractivity contribution in [3.05, 3.63) is 41.7 Å². The number of pyridine rings is 2. The molecule has 1 aromatic carbocycles. The molecule has 2 heterocycles. The average Bonchev–Trinajstić information content (AvgIpc) is 2.31. The summed E-state index contributed by atoms with van der Waals surface area (Å²) in [6.45, 7) is 0. The van der Waals surface area contributed by atoms with Gasteiger partial charge in [-0.1, -0.05) is 11.6 Å². The van der Waals surface area contributed by atoms with Gasteiger partial charge in [0.2, 0.25) is 0 Å². The zero-order valence-corrected chi connectivity index (χ0v) is 9.07. The summed E-state index contributed by atoms with van der Waals surface area (Å²) in [6.07, 6.45) is 1.73. The molecule has 0 saturated heterocycles. The van der Waals surface area contributed by atoms with Gasteiger partial charge in [0.15, 0.2) is 0 Å². The first-order valence-corrected chi connectivity index (χ1v) is 5.23. The van der Waals surface area contributed by atoms with Gasteiger partial charge in [0.1, 0.15) is 5.15 Å². The number of nitrogens with two attached hydrogens (primary N) is 1. The minimum atomic E-state index is 0.462. The third-order valence-corrected chi connectivity index (χ3v) is 2.76. The Bertz CT molecular complexity index is 694. The number of fused-ring (bicyclic) bond motifs is 3. The van der Waals surface area contributed by atoms with Crippen molar-refractivity contribution in [3.63, 3.8) is 0 Å². The first-order chi connectivity index (χ1) is 7.75. The van der Waals surface area contributed by atoms with E-state index in [-0.39, 0.29) is 0 Å². The van der Waals surface area contributed by atoms with E-state index in [0.29, 0.717) is 10.8 Å². The molecule has 0 unspecified atom stereocenters. The molecule has 0 aliphatic carbocycles. The Kier molecular flexibility index (Phi) is 1.94. The minimum Gasteiger partial charge on any atom is -0.398 e. The Balaban J connectivity index is 2.61. The lowest BCUT2D eigenvalue weighted by atomic mass is 10.1. The second-order valence-corrected chi connectivity index (χ2v) is 3.96. The number of benzene rings is 1. The third kappa shape index (κ3) is 1.29. The predicted octanol–water partition coefficient (Wildman–Crippen LogP) is 3.02. The number of rotatable bonds is 0. The molecular formula is C12H8ClN3. The first kappa shape index (κ1) is 9.36. The van der Waals surface area contributed by atoms with Crippen LogP contribution in [0.4, 0.5) is 5.69 Å². The fraction of sp³-hybridized carbons (Fsp3) is 0. The maximum atomic E-state index is 5.96. The fourth-order valence-electron chi connectivity index (χ4n) is 1.82. The standard InChI is InChI=1S/C12H8ClN3/c13-10-4-3-7-6-9(14)8-2-1-5-15-12(8)11(7)16-10/h1-6H,14H2. The molecule has 3 aromatic rings. The van der Waals surface area contributed by atoms with E-state index in [9.17, 15) is 0 Å². The number of aromatic nitrogens is 2. The molecule has 0 aliphatic heterocycles. The summed E-state index contributed by atoms with van der Waals surface area (Å²) in [4.78, 5) is 8.60. The Hall–Kier alpha value is -1.87. The molecule has 0 fully saturated rings. The SMILES string of the molecule is Nc1cc2ccc(Cl)nc2c2ncccc12. The van der Waals surface area contributed by atoms with E-state index in [1.165, 1.54) is 0 Å². The van der Waals surface area contributed by atoms with Crippen LogP contribution in [0.25, 0.3) is 21.8 Å². The molecule has 3 nitrogen and oxygen atoms in total. The van der Waals surface area contributed by atoms with Gasteiger partial charge in [0, 0.05) is 22.7 Å². The summed E-state index contributed by atoms with van der Waals surface area (Å²) >= 11 is 5.89. The average molecular weight is 230 g/mol. The highest BCUT2D eigenvalue weighted by molar-refractivity contribution is 6.30. The molecule has 0 aliphatic rings. The molecule has 0 radical (unpaired) electrons. The van der Waals surface area contributed by atoms with Crippen molar-refractivity contribution in [1.29, 1.82) is 0 Å². The smallest absolute Gasteiger partial charge is 0.129 e. The van der Waals surface area contributed by atoms with Gasteiger partial charge in [-0.2, -0.15) is 0 Å². The quantitative estimate of drug-likeness (QED) is 0.366. The van der Waals surface area contributed by atoms with Crippen LogP contribution < -0.4 is 5.73 Å². The second kappa shape index (κ2) is 3.32. The molecule has 2 aromatic heterocycles. The molecule has 3 rings (SSSR count). The molecule has 0 bridgehead atoms. The molecule has 0 saturated carbocycles. The second-order valence-electron chi connectivity index (χ2n) is 3.57. The van der Waals surface area contributed by atoms with Crippen LogP contribution in [0.2, 0.25) is 5.15 Å². The molecule has 0 atom stereocenters. The Labute approximate surface area is 96.9 Å². The van der Waals surface area contributed by atoms with Crippen LogP contribution in [-0.4, -0.2) is 9.97 Å². The lowest BCUT2D eigenvalue weighted by Gasteiger charge is -2.05. The molecule has 16 heavy (non-hydrogen) atoms. The number of anilines is 1. The summed E-state index contributed by atoms with van der Waals surface area (Å²) < 4.78 is 0. The highest BCUT2D eigenvalue weighted by atomic mass is 35.5. The van der Waals surface area contributed by atoms with E-state index in [1.54, 1.807) is 12.3 Å². The van der Waals surface area contributed by atoms with E-state index in [2.05, 4.69) is 9.97 Å². The van der Waals surface area contributed by atoms with E-state index in [0.717, 1.165) is 21.8 Å². The largest absolute Gasteiger partial charge is 0.398 e.